The molecule has 0 saturated carbocycles. The molecule has 0 aliphatic rings. The van der Waals surface area contributed by atoms with Crippen molar-refractivity contribution in [2.75, 3.05) is 7.05 Å². The molecule has 0 aromatic carbocycles. The molecule has 110 valence electrons. The van der Waals surface area contributed by atoms with Gasteiger partial charge < -0.3 is 10.7 Å². The zero-order valence-electron chi connectivity index (χ0n) is 13.3. The Labute approximate surface area is 119 Å². The van der Waals surface area contributed by atoms with E-state index in [4.69, 9.17) is 5.73 Å². The maximum atomic E-state index is 5.87. The Bertz CT molecular complexity index is 323. The van der Waals surface area contributed by atoms with Gasteiger partial charge in [0.25, 0.3) is 0 Å². The minimum atomic E-state index is 0.119. The van der Waals surface area contributed by atoms with E-state index in [-0.39, 0.29) is 11.5 Å². The summed E-state index contributed by atoms with van der Waals surface area (Å²) in [4.78, 5) is 0. The van der Waals surface area contributed by atoms with Crippen LogP contribution in [-0.4, -0.2) is 18.1 Å². The highest BCUT2D eigenvalue weighted by atomic mass is 15.5. The molecule has 0 bridgehead atoms. The van der Waals surface area contributed by atoms with Crippen LogP contribution in [0.15, 0.2) is 36.7 Å². The molecular weight excluding hydrogens is 234 g/mol. The summed E-state index contributed by atoms with van der Waals surface area (Å²) in [6, 6.07) is 0.119. The van der Waals surface area contributed by atoms with Crippen molar-refractivity contribution in [1.82, 2.24) is 10.4 Å². The molecule has 3 N–H and O–H groups in total. The minimum absolute atomic E-state index is 0.119. The zero-order chi connectivity index (χ0) is 15.1. The van der Waals surface area contributed by atoms with Gasteiger partial charge in [-0.25, -0.2) is 5.43 Å². The van der Waals surface area contributed by atoms with Crippen LogP contribution in [0.25, 0.3) is 0 Å². The van der Waals surface area contributed by atoms with Crippen LogP contribution in [0.4, 0.5) is 0 Å². The van der Waals surface area contributed by atoms with Crippen LogP contribution < -0.4 is 11.2 Å². The van der Waals surface area contributed by atoms with Crippen molar-refractivity contribution in [3.8, 4) is 0 Å². The second-order valence-corrected chi connectivity index (χ2v) is 6.22. The first kappa shape index (κ1) is 17.8. The second kappa shape index (κ2) is 8.05. The first-order valence-electron chi connectivity index (χ1n) is 6.97. The molecule has 3 nitrogen and oxygen atoms in total. The van der Waals surface area contributed by atoms with Gasteiger partial charge in [-0.3, -0.25) is 0 Å². The lowest BCUT2D eigenvalue weighted by molar-refractivity contribution is 0.228. The molecule has 0 fully saturated rings. The van der Waals surface area contributed by atoms with Crippen molar-refractivity contribution in [3.63, 3.8) is 0 Å². The maximum absolute atomic E-state index is 5.87. The standard InChI is InChI=1S/C16H31N3/c1-8-9-15(14(3)17)19(18-7)11-10-13(2)12-16(4,5)6/h10-11,15,18H,2-3,8-9,12,17H2,1,4-7H3/b11-10+. The molecule has 0 aliphatic carbocycles. The number of hydrogen-bond acceptors (Lipinski definition) is 3. The number of nitrogens with one attached hydrogen (secondary N) is 1. The average Bonchev–Trinajstić information content (AvgIpc) is 2.25. The number of nitrogens with zero attached hydrogens (tertiary/aromatic N) is 1. The zero-order valence-corrected chi connectivity index (χ0v) is 13.3. The van der Waals surface area contributed by atoms with Gasteiger partial charge >= 0.3 is 0 Å². The van der Waals surface area contributed by atoms with Crippen molar-refractivity contribution in [3.05, 3.63) is 36.7 Å². The van der Waals surface area contributed by atoms with E-state index in [2.05, 4.69) is 46.3 Å². The summed E-state index contributed by atoms with van der Waals surface area (Å²) in [5, 5.41) is 2.00. The van der Waals surface area contributed by atoms with Crippen molar-refractivity contribution < 1.29 is 0 Å². The first-order valence-corrected chi connectivity index (χ1v) is 6.97. The van der Waals surface area contributed by atoms with Crippen LogP contribution in [0.1, 0.15) is 47.0 Å². The van der Waals surface area contributed by atoms with Gasteiger partial charge in [0.15, 0.2) is 0 Å². The molecule has 0 aromatic heterocycles. The molecule has 1 atom stereocenters. The SMILES string of the molecule is C=C(/C=C/N(NC)C(CCC)C(=C)N)CC(C)(C)C. The number of hydrogen-bond donors (Lipinski definition) is 2. The van der Waals surface area contributed by atoms with Crippen molar-refractivity contribution in [2.24, 2.45) is 11.1 Å². The van der Waals surface area contributed by atoms with Crippen LogP contribution in [0.5, 0.6) is 0 Å². The fourth-order valence-corrected chi connectivity index (χ4v) is 2.04. The number of hydrazine groups is 1. The van der Waals surface area contributed by atoms with E-state index < -0.39 is 0 Å². The van der Waals surface area contributed by atoms with Crippen LogP contribution in [0.2, 0.25) is 0 Å². The smallest absolute Gasteiger partial charge is 0.0834 e. The maximum Gasteiger partial charge on any atom is 0.0834 e. The summed E-state index contributed by atoms with van der Waals surface area (Å²) >= 11 is 0. The largest absolute Gasteiger partial charge is 0.401 e. The van der Waals surface area contributed by atoms with Gasteiger partial charge in [0.05, 0.1) is 6.04 Å². The summed E-state index contributed by atoms with van der Waals surface area (Å²) in [6.45, 7) is 16.8. The normalized spacial score (nSPS) is 13.5. The Kier molecular flexibility index (Phi) is 7.53. The monoisotopic (exact) mass is 265 g/mol. The Morgan fingerprint density at radius 2 is 1.95 bits per heavy atom. The molecule has 0 rings (SSSR count). The molecule has 0 spiro atoms. The molecule has 0 aliphatic heterocycles. The third-order valence-corrected chi connectivity index (χ3v) is 2.81. The van der Waals surface area contributed by atoms with Gasteiger partial charge in [-0.2, -0.15) is 0 Å². The molecule has 0 aromatic rings. The van der Waals surface area contributed by atoms with Crippen molar-refractivity contribution in [2.45, 2.75) is 53.0 Å². The summed E-state index contributed by atoms with van der Waals surface area (Å²) in [5.41, 5.74) is 11.1. The third kappa shape index (κ3) is 7.73. The highest BCUT2D eigenvalue weighted by Crippen LogP contribution is 2.23. The lowest BCUT2D eigenvalue weighted by Gasteiger charge is -2.30. The lowest BCUT2D eigenvalue weighted by atomic mass is 9.88. The molecule has 0 heterocycles. The fraction of sp³-hybridized carbons (Fsp3) is 0.625. The summed E-state index contributed by atoms with van der Waals surface area (Å²) in [5.74, 6) is 0. The van der Waals surface area contributed by atoms with E-state index >= 15 is 0 Å². The van der Waals surface area contributed by atoms with Gasteiger partial charge in [0.1, 0.15) is 0 Å². The molecule has 1 unspecified atom stereocenters. The highest BCUT2D eigenvalue weighted by molar-refractivity contribution is 5.16. The Hall–Kier alpha value is -1.22. The quantitative estimate of drug-likeness (QED) is 0.521. The van der Waals surface area contributed by atoms with Gasteiger partial charge in [-0.05, 0) is 24.3 Å². The molecule has 0 saturated heterocycles. The minimum Gasteiger partial charge on any atom is -0.401 e. The highest BCUT2D eigenvalue weighted by Gasteiger charge is 2.15. The van der Waals surface area contributed by atoms with E-state index in [1.165, 1.54) is 0 Å². The average molecular weight is 265 g/mol. The lowest BCUT2D eigenvalue weighted by Crippen LogP contribution is -2.42. The third-order valence-electron chi connectivity index (χ3n) is 2.81. The van der Waals surface area contributed by atoms with Crippen LogP contribution in [0.3, 0.4) is 0 Å². The van der Waals surface area contributed by atoms with Crippen molar-refractivity contribution >= 4 is 0 Å². The predicted molar refractivity (Wildman–Crippen MR) is 85.3 cm³/mol. The van der Waals surface area contributed by atoms with E-state index in [0.29, 0.717) is 5.70 Å². The van der Waals surface area contributed by atoms with Crippen LogP contribution >= 0.6 is 0 Å². The first-order chi connectivity index (χ1) is 8.71. The second-order valence-electron chi connectivity index (χ2n) is 6.22. The van der Waals surface area contributed by atoms with Gasteiger partial charge in [-0.15, -0.1) is 0 Å². The van der Waals surface area contributed by atoms with Gasteiger partial charge in [0.2, 0.25) is 0 Å². The van der Waals surface area contributed by atoms with Crippen molar-refractivity contribution in [1.29, 1.82) is 0 Å². The Morgan fingerprint density at radius 1 is 1.37 bits per heavy atom. The van der Waals surface area contributed by atoms with E-state index in [0.717, 1.165) is 24.8 Å². The number of rotatable bonds is 8. The van der Waals surface area contributed by atoms with Crippen LogP contribution in [0, 0.1) is 5.41 Å². The molecule has 19 heavy (non-hydrogen) atoms. The summed E-state index contributed by atoms with van der Waals surface area (Å²) in [6.07, 6.45) is 7.07. The summed E-state index contributed by atoms with van der Waals surface area (Å²) in [7, 11) is 1.89. The van der Waals surface area contributed by atoms with E-state index in [9.17, 15) is 0 Å². The number of nitrogens with two attached hydrogens (primary N) is 1. The number of allylic oxidation sites excluding steroid dienone is 2. The van der Waals surface area contributed by atoms with E-state index in [1.54, 1.807) is 0 Å². The molecule has 0 radical (unpaired) electrons. The summed E-state index contributed by atoms with van der Waals surface area (Å²) < 4.78 is 0. The topological polar surface area (TPSA) is 41.3 Å². The fourth-order valence-electron chi connectivity index (χ4n) is 2.04. The molecular formula is C16H31N3. The van der Waals surface area contributed by atoms with E-state index in [1.807, 2.05) is 24.3 Å². The van der Waals surface area contributed by atoms with Gasteiger partial charge in [-0.1, -0.05) is 52.8 Å². The predicted octanol–water partition coefficient (Wildman–Crippen LogP) is 3.57. The Balaban J connectivity index is 4.69. The molecule has 0 amide bonds. The Morgan fingerprint density at radius 3 is 2.32 bits per heavy atom. The van der Waals surface area contributed by atoms with Gasteiger partial charge in [0, 0.05) is 18.9 Å². The van der Waals surface area contributed by atoms with Crippen LogP contribution in [-0.2, 0) is 0 Å². The molecule has 3 heteroatoms.